The smallest absolute Gasteiger partial charge is 0.253 e. The molecule has 3 nitrogen and oxygen atoms in total. The van der Waals surface area contributed by atoms with Crippen LogP contribution in [0.25, 0.3) is 0 Å². The Bertz CT molecular complexity index is 271. The van der Waals surface area contributed by atoms with E-state index >= 15 is 0 Å². The lowest BCUT2D eigenvalue weighted by Gasteiger charge is -2.00. The summed E-state index contributed by atoms with van der Waals surface area (Å²) >= 11 is 5.47. The average molecular weight is 173 g/mol. The Kier molecular flexibility index (Phi) is 3.11. The van der Waals surface area contributed by atoms with Crippen LogP contribution >= 0.6 is 11.6 Å². The Morgan fingerprint density at radius 3 is 3.09 bits per heavy atom. The Morgan fingerprint density at radius 1 is 1.64 bits per heavy atom. The summed E-state index contributed by atoms with van der Waals surface area (Å²) in [6, 6.07) is 1.44. The molecular weight excluding hydrogens is 164 g/mol. The summed E-state index contributed by atoms with van der Waals surface area (Å²) in [6.07, 6.45) is 3.81. The number of rotatable bonds is 3. The standard InChI is InChI=1S/C7H9ClN2O/c8-3-1-5-10-6-9-4-2-7(10)11/h2,4,6H,1,3,5H2. The van der Waals surface area contributed by atoms with Crippen LogP contribution in [0.3, 0.4) is 0 Å². The van der Waals surface area contributed by atoms with Gasteiger partial charge in [-0.1, -0.05) is 0 Å². The van der Waals surface area contributed by atoms with E-state index in [2.05, 4.69) is 4.98 Å². The van der Waals surface area contributed by atoms with Crippen LogP contribution in [0.15, 0.2) is 23.4 Å². The minimum absolute atomic E-state index is 0.0230. The molecule has 0 saturated heterocycles. The molecule has 0 aliphatic heterocycles. The molecule has 1 aromatic rings. The lowest BCUT2D eigenvalue weighted by molar-refractivity contribution is 0.643. The van der Waals surface area contributed by atoms with Crippen LogP contribution in [0.2, 0.25) is 0 Å². The van der Waals surface area contributed by atoms with Gasteiger partial charge in [-0.2, -0.15) is 0 Å². The summed E-state index contributed by atoms with van der Waals surface area (Å²) in [6.45, 7) is 0.649. The van der Waals surface area contributed by atoms with Gasteiger partial charge in [-0.3, -0.25) is 9.36 Å². The number of halogens is 1. The monoisotopic (exact) mass is 172 g/mol. The van der Waals surface area contributed by atoms with Crippen LogP contribution in [0.4, 0.5) is 0 Å². The van der Waals surface area contributed by atoms with Gasteiger partial charge in [0.15, 0.2) is 0 Å². The van der Waals surface area contributed by atoms with Gasteiger partial charge in [-0.05, 0) is 6.42 Å². The lowest BCUT2D eigenvalue weighted by Crippen LogP contribution is -2.18. The van der Waals surface area contributed by atoms with Gasteiger partial charge >= 0.3 is 0 Å². The van der Waals surface area contributed by atoms with E-state index in [-0.39, 0.29) is 5.56 Å². The molecule has 0 fully saturated rings. The first-order chi connectivity index (χ1) is 5.34. The Morgan fingerprint density at radius 2 is 2.45 bits per heavy atom. The van der Waals surface area contributed by atoms with Gasteiger partial charge in [-0.25, -0.2) is 4.98 Å². The molecule has 11 heavy (non-hydrogen) atoms. The third-order valence-corrected chi connectivity index (χ3v) is 1.59. The van der Waals surface area contributed by atoms with Crippen LogP contribution in [0.5, 0.6) is 0 Å². The summed E-state index contributed by atoms with van der Waals surface area (Å²) in [5, 5.41) is 0. The molecule has 0 amide bonds. The van der Waals surface area contributed by atoms with Gasteiger partial charge in [-0.15, -0.1) is 11.6 Å². The molecule has 0 saturated carbocycles. The highest BCUT2D eigenvalue weighted by Crippen LogP contribution is 1.87. The van der Waals surface area contributed by atoms with Crippen LogP contribution in [0, 0.1) is 0 Å². The number of hydrogen-bond acceptors (Lipinski definition) is 2. The fourth-order valence-corrected chi connectivity index (χ4v) is 0.896. The van der Waals surface area contributed by atoms with Crippen LogP contribution < -0.4 is 5.56 Å². The Balaban J connectivity index is 2.70. The second-order valence-corrected chi connectivity index (χ2v) is 2.53. The van der Waals surface area contributed by atoms with E-state index in [1.54, 1.807) is 4.57 Å². The van der Waals surface area contributed by atoms with Crippen LogP contribution in [-0.2, 0) is 6.54 Å². The number of nitrogens with zero attached hydrogens (tertiary/aromatic N) is 2. The van der Waals surface area contributed by atoms with E-state index < -0.39 is 0 Å². The van der Waals surface area contributed by atoms with Crippen molar-refractivity contribution in [3.63, 3.8) is 0 Å². The highest BCUT2D eigenvalue weighted by Gasteiger charge is 1.91. The van der Waals surface area contributed by atoms with Crippen molar-refractivity contribution in [1.82, 2.24) is 9.55 Å². The van der Waals surface area contributed by atoms with E-state index in [9.17, 15) is 4.79 Å². The highest BCUT2D eigenvalue weighted by atomic mass is 35.5. The fraction of sp³-hybridized carbons (Fsp3) is 0.429. The summed E-state index contributed by atoms with van der Waals surface area (Å²) in [5.41, 5.74) is -0.0230. The first-order valence-electron chi connectivity index (χ1n) is 3.41. The average Bonchev–Trinajstić information content (AvgIpc) is 2.03. The zero-order valence-electron chi connectivity index (χ0n) is 6.03. The van der Waals surface area contributed by atoms with E-state index in [0.29, 0.717) is 12.4 Å². The van der Waals surface area contributed by atoms with Crippen molar-refractivity contribution in [3.05, 3.63) is 28.9 Å². The molecule has 60 valence electrons. The molecule has 1 rings (SSSR count). The van der Waals surface area contributed by atoms with Crippen molar-refractivity contribution in [1.29, 1.82) is 0 Å². The fourth-order valence-electron chi connectivity index (χ4n) is 0.776. The SMILES string of the molecule is O=c1ccncn1CCCCl. The molecule has 0 unspecified atom stereocenters. The van der Waals surface area contributed by atoms with Gasteiger partial charge in [0.1, 0.15) is 0 Å². The predicted octanol–water partition coefficient (Wildman–Crippen LogP) is 0.872. The molecule has 0 aliphatic rings. The molecule has 0 spiro atoms. The zero-order chi connectivity index (χ0) is 8.10. The summed E-state index contributed by atoms with van der Waals surface area (Å²) in [7, 11) is 0. The van der Waals surface area contributed by atoms with Gasteiger partial charge < -0.3 is 0 Å². The minimum atomic E-state index is -0.0230. The van der Waals surface area contributed by atoms with E-state index in [0.717, 1.165) is 6.42 Å². The first-order valence-corrected chi connectivity index (χ1v) is 3.94. The van der Waals surface area contributed by atoms with Crippen molar-refractivity contribution in [2.75, 3.05) is 5.88 Å². The van der Waals surface area contributed by atoms with Crippen molar-refractivity contribution < 1.29 is 0 Å². The van der Waals surface area contributed by atoms with Crippen molar-refractivity contribution in [3.8, 4) is 0 Å². The molecular formula is C7H9ClN2O. The molecule has 0 N–H and O–H groups in total. The molecule has 0 radical (unpaired) electrons. The van der Waals surface area contributed by atoms with Crippen LogP contribution in [-0.4, -0.2) is 15.4 Å². The second kappa shape index (κ2) is 4.13. The topological polar surface area (TPSA) is 34.9 Å². The summed E-state index contributed by atoms with van der Waals surface area (Å²) in [4.78, 5) is 14.8. The van der Waals surface area contributed by atoms with Crippen molar-refractivity contribution >= 4 is 11.6 Å². The Labute approximate surface area is 69.6 Å². The van der Waals surface area contributed by atoms with E-state index in [1.807, 2.05) is 0 Å². The zero-order valence-corrected chi connectivity index (χ0v) is 6.79. The number of alkyl halides is 1. The quantitative estimate of drug-likeness (QED) is 0.635. The largest absolute Gasteiger partial charge is 0.299 e. The maximum atomic E-state index is 11.0. The van der Waals surface area contributed by atoms with Gasteiger partial charge in [0, 0.05) is 24.7 Å². The van der Waals surface area contributed by atoms with Gasteiger partial charge in [0.2, 0.25) is 0 Å². The molecule has 1 heterocycles. The van der Waals surface area contributed by atoms with Gasteiger partial charge in [0.25, 0.3) is 5.56 Å². The molecule has 0 aliphatic carbocycles. The number of aromatic nitrogens is 2. The molecule has 0 atom stereocenters. The highest BCUT2D eigenvalue weighted by molar-refractivity contribution is 6.17. The normalized spacial score (nSPS) is 9.91. The van der Waals surface area contributed by atoms with Gasteiger partial charge in [0.05, 0.1) is 6.33 Å². The summed E-state index contributed by atoms with van der Waals surface area (Å²) in [5.74, 6) is 0.571. The molecule has 0 bridgehead atoms. The lowest BCUT2D eigenvalue weighted by atomic mass is 10.4. The third kappa shape index (κ3) is 2.35. The first kappa shape index (κ1) is 8.27. The van der Waals surface area contributed by atoms with Crippen LogP contribution in [0.1, 0.15) is 6.42 Å². The third-order valence-electron chi connectivity index (χ3n) is 1.32. The minimum Gasteiger partial charge on any atom is -0.299 e. The number of hydrogen-bond donors (Lipinski definition) is 0. The maximum Gasteiger partial charge on any atom is 0.253 e. The Hall–Kier alpha value is -0.830. The summed E-state index contributed by atoms with van der Waals surface area (Å²) < 4.78 is 1.54. The van der Waals surface area contributed by atoms with E-state index in [4.69, 9.17) is 11.6 Å². The van der Waals surface area contributed by atoms with Crippen molar-refractivity contribution in [2.24, 2.45) is 0 Å². The molecule has 4 heteroatoms. The second-order valence-electron chi connectivity index (χ2n) is 2.15. The predicted molar refractivity (Wildman–Crippen MR) is 43.8 cm³/mol. The number of aryl methyl sites for hydroxylation is 1. The van der Waals surface area contributed by atoms with Crippen molar-refractivity contribution in [2.45, 2.75) is 13.0 Å². The maximum absolute atomic E-state index is 11.0. The molecule has 0 aromatic carbocycles. The van der Waals surface area contributed by atoms with E-state index in [1.165, 1.54) is 18.6 Å². The molecule has 1 aromatic heterocycles.